The smallest absolute Gasteiger partial charge is 0.0880 e. The van der Waals surface area contributed by atoms with Gasteiger partial charge in [0.25, 0.3) is 0 Å². The standard InChI is InChI=1S/C24H32N2/c1-15(2)19-10-8-11-20(16(3)4)24(19)26-22-12-7-9-18-13-14-21(17(5)6)25-23(18)22/h8,10-11,13-17H,7,9,12H2,1-6H3. The molecule has 0 saturated carbocycles. The van der Waals surface area contributed by atoms with Gasteiger partial charge in [-0.1, -0.05) is 65.8 Å². The molecule has 1 aliphatic carbocycles. The van der Waals surface area contributed by atoms with Crippen LogP contribution < -0.4 is 0 Å². The van der Waals surface area contributed by atoms with Gasteiger partial charge in [0.15, 0.2) is 0 Å². The first-order valence-electron chi connectivity index (χ1n) is 10.1. The van der Waals surface area contributed by atoms with Crippen LogP contribution in [0, 0.1) is 0 Å². The molecule has 0 unspecified atom stereocenters. The number of nitrogens with zero attached hydrogens (tertiary/aromatic N) is 2. The van der Waals surface area contributed by atoms with Crippen LogP contribution in [0.15, 0.2) is 35.3 Å². The lowest BCUT2D eigenvalue weighted by Gasteiger charge is -2.21. The van der Waals surface area contributed by atoms with Crippen LogP contribution in [0.5, 0.6) is 0 Å². The minimum absolute atomic E-state index is 0.442. The lowest BCUT2D eigenvalue weighted by atomic mass is 9.91. The largest absolute Gasteiger partial charge is 0.251 e. The number of benzene rings is 1. The summed E-state index contributed by atoms with van der Waals surface area (Å²) in [6, 6.07) is 11.1. The number of rotatable bonds is 4. The third-order valence-electron chi connectivity index (χ3n) is 5.31. The van der Waals surface area contributed by atoms with Crippen LogP contribution in [0.1, 0.15) is 100 Å². The molecule has 0 saturated heterocycles. The van der Waals surface area contributed by atoms with Crippen molar-refractivity contribution in [2.24, 2.45) is 4.99 Å². The van der Waals surface area contributed by atoms with Crippen molar-refractivity contribution >= 4 is 11.4 Å². The van der Waals surface area contributed by atoms with Gasteiger partial charge in [-0.15, -0.1) is 0 Å². The molecule has 0 fully saturated rings. The van der Waals surface area contributed by atoms with Crippen LogP contribution in [0.25, 0.3) is 0 Å². The minimum Gasteiger partial charge on any atom is -0.251 e. The quantitative estimate of drug-likeness (QED) is 0.589. The van der Waals surface area contributed by atoms with Gasteiger partial charge < -0.3 is 0 Å². The average Bonchev–Trinajstić information content (AvgIpc) is 2.61. The lowest BCUT2D eigenvalue weighted by Crippen LogP contribution is -2.16. The first-order valence-corrected chi connectivity index (χ1v) is 10.1. The second-order valence-corrected chi connectivity index (χ2v) is 8.41. The first-order chi connectivity index (χ1) is 12.4. The van der Waals surface area contributed by atoms with Gasteiger partial charge in [0.05, 0.1) is 17.1 Å². The van der Waals surface area contributed by atoms with Crippen molar-refractivity contribution in [3.63, 3.8) is 0 Å². The zero-order valence-electron chi connectivity index (χ0n) is 17.1. The number of fused-ring (bicyclic) bond motifs is 1. The van der Waals surface area contributed by atoms with E-state index in [0.717, 1.165) is 25.0 Å². The predicted molar refractivity (Wildman–Crippen MR) is 112 cm³/mol. The molecule has 2 aromatic rings. The summed E-state index contributed by atoms with van der Waals surface area (Å²) in [6.07, 6.45) is 3.30. The second-order valence-electron chi connectivity index (χ2n) is 8.41. The molecule has 2 heteroatoms. The lowest BCUT2D eigenvalue weighted by molar-refractivity contribution is 0.785. The van der Waals surface area contributed by atoms with E-state index in [9.17, 15) is 0 Å². The van der Waals surface area contributed by atoms with Gasteiger partial charge in [-0.25, -0.2) is 0 Å². The Kier molecular flexibility index (Phi) is 5.60. The molecule has 2 nitrogen and oxygen atoms in total. The summed E-state index contributed by atoms with van der Waals surface area (Å²) in [7, 11) is 0. The first kappa shape index (κ1) is 18.8. The fourth-order valence-electron chi connectivity index (χ4n) is 3.73. The fourth-order valence-corrected chi connectivity index (χ4v) is 3.73. The summed E-state index contributed by atoms with van der Waals surface area (Å²) in [5.74, 6) is 1.37. The highest BCUT2D eigenvalue weighted by molar-refractivity contribution is 6.02. The van der Waals surface area contributed by atoms with E-state index < -0.39 is 0 Å². The van der Waals surface area contributed by atoms with Crippen LogP contribution >= 0.6 is 0 Å². The molecule has 0 aliphatic heterocycles. The molecule has 0 N–H and O–H groups in total. The SMILES string of the molecule is CC(C)c1ccc2c(n1)C(=Nc1c(C(C)C)cccc1C(C)C)CCC2. The monoisotopic (exact) mass is 348 g/mol. The second kappa shape index (κ2) is 7.73. The maximum absolute atomic E-state index is 5.26. The van der Waals surface area contributed by atoms with Crippen molar-refractivity contribution in [1.82, 2.24) is 4.98 Å². The maximum Gasteiger partial charge on any atom is 0.0880 e. The van der Waals surface area contributed by atoms with E-state index in [-0.39, 0.29) is 0 Å². The van der Waals surface area contributed by atoms with Crippen molar-refractivity contribution in [2.45, 2.75) is 78.6 Å². The van der Waals surface area contributed by atoms with E-state index >= 15 is 0 Å². The third-order valence-corrected chi connectivity index (χ3v) is 5.31. The Morgan fingerprint density at radius 3 is 2.04 bits per heavy atom. The van der Waals surface area contributed by atoms with Crippen LogP contribution in [-0.2, 0) is 6.42 Å². The van der Waals surface area contributed by atoms with Gasteiger partial charge >= 0.3 is 0 Å². The number of aliphatic imine (C=N–C) groups is 1. The van der Waals surface area contributed by atoms with Gasteiger partial charge in [0.1, 0.15) is 0 Å². The average molecular weight is 349 g/mol. The summed E-state index contributed by atoms with van der Waals surface area (Å²) in [5, 5.41) is 0. The van der Waals surface area contributed by atoms with Crippen LogP contribution in [0.2, 0.25) is 0 Å². The Morgan fingerprint density at radius 1 is 0.808 bits per heavy atom. The molecule has 0 amide bonds. The Morgan fingerprint density at radius 2 is 1.46 bits per heavy atom. The number of hydrogen-bond donors (Lipinski definition) is 0. The Bertz CT molecular complexity index is 787. The summed E-state index contributed by atoms with van der Waals surface area (Å²) in [5.41, 5.74) is 8.69. The topological polar surface area (TPSA) is 25.2 Å². The van der Waals surface area contributed by atoms with E-state index in [1.54, 1.807) is 0 Å². The summed E-state index contributed by atoms with van der Waals surface area (Å²) in [6.45, 7) is 13.4. The molecule has 1 aromatic carbocycles. The van der Waals surface area contributed by atoms with E-state index in [1.807, 2.05) is 0 Å². The van der Waals surface area contributed by atoms with Gasteiger partial charge in [0, 0.05) is 5.69 Å². The zero-order chi connectivity index (χ0) is 18.8. The van der Waals surface area contributed by atoms with E-state index in [4.69, 9.17) is 9.98 Å². The van der Waals surface area contributed by atoms with Crippen molar-refractivity contribution < 1.29 is 0 Å². The normalized spacial score (nSPS) is 16.0. The zero-order valence-corrected chi connectivity index (χ0v) is 17.1. The van der Waals surface area contributed by atoms with E-state index in [1.165, 1.54) is 33.8 Å². The van der Waals surface area contributed by atoms with Crippen molar-refractivity contribution in [2.75, 3.05) is 0 Å². The number of aryl methyl sites for hydroxylation is 1. The molecule has 26 heavy (non-hydrogen) atoms. The molecular weight excluding hydrogens is 316 g/mol. The van der Waals surface area contributed by atoms with Gasteiger partial charge in [0.2, 0.25) is 0 Å². The Labute approximate surface area is 158 Å². The molecule has 1 aliphatic rings. The number of para-hydroxylation sites is 1. The molecule has 0 radical (unpaired) electrons. The van der Waals surface area contributed by atoms with E-state index in [2.05, 4.69) is 71.9 Å². The summed E-state index contributed by atoms with van der Waals surface area (Å²) in [4.78, 5) is 10.3. The number of hydrogen-bond acceptors (Lipinski definition) is 2. The van der Waals surface area contributed by atoms with Crippen molar-refractivity contribution in [3.05, 3.63) is 58.4 Å². The van der Waals surface area contributed by atoms with Gasteiger partial charge in [-0.05, 0) is 59.8 Å². The number of pyridine rings is 1. The Balaban J connectivity index is 2.17. The predicted octanol–water partition coefficient (Wildman–Crippen LogP) is 6.91. The molecule has 0 bridgehead atoms. The third kappa shape index (κ3) is 3.75. The van der Waals surface area contributed by atoms with Crippen molar-refractivity contribution in [3.8, 4) is 0 Å². The highest BCUT2D eigenvalue weighted by atomic mass is 14.8. The fraction of sp³-hybridized carbons (Fsp3) is 0.500. The molecule has 0 atom stereocenters. The van der Waals surface area contributed by atoms with Crippen LogP contribution in [0.3, 0.4) is 0 Å². The molecule has 1 heterocycles. The molecule has 0 spiro atoms. The van der Waals surface area contributed by atoms with Crippen LogP contribution in [-0.4, -0.2) is 10.7 Å². The van der Waals surface area contributed by atoms with Gasteiger partial charge in [-0.2, -0.15) is 0 Å². The number of aromatic nitrogens is 1. The maximum atomic E-state index is 5.26. The van der Waals surface area contributed by atoms with E-state index in [0.29, 0.717) is 17.8 Å². The molecule has 1 aromatic heterocycles. The summed E-state index contributed by atoms with van der Waals surface area (Å²) < 4.78 is 0. The molecule has 138 valence electrons. The molecule has 3 rings (SSSR count). The highest BCUT2D eigenvalue weighted by Crippen LogP contribution is 2.36. The highest BCUT2D eigenvalue weighted by Gasteiger charge is 2.20. The summed E-state index contributed by atoms with van der Waals surface area (Å²) >= 11 is 0. The van der Waals surface area contributed by atoms with Crippen molar-refractivity contribution in [1.29, 1.82) is 0 Å². The van der Waals surface area contributed by atoms with Crippen LogP contribution in [0.4, 0.5) is 5.69 Å². The van der Waals surface area contributed by atoms with Gasteiger partial charge in [-0.3, -0.25) is 9.98 Å². The molecular formula is C24H32N2. The Hall–Kier alpha value is -1.96. The minimum atomic E-state index is 0.442.